The van der Waals surface area contributed by atoms with Crippen LogP contribution in [0, 0.1) is 11.8 Å². The summed E-state index contributed by atoms with van der Waals surface area (Å²) in [5, 5.41) is 6.45. The first-order chi connectivity index (χ1) is 7.63. The van der Waals surface area contributed by atoms with E-state index in [0.717, 1.165) is 19.5 Å². The molecule has 0 aliphatic carbocycles. The Bertz CT molecular complexity index is 212. The molecule has 2 N–H and O–H groups in total. The Balaban J connectivity index is 2.26. The molecule has 1 amide bonds. The minimum absolute atomic E-state index is 0.215. The molecule has 1 fully saturated rings. The van der Waals surface area contributed by atoms with E-state index in [2.05, 4.69) is 31.4 Å². The van der Waals surface area contributed by atoms with Gasteiger partial charge in [-0.05, 0) is 51.1 Å². The Morgan fingerprint density at radius 2 is 2.25 bits per heavy atom. The monoisotopic (exact) mass is 226 g/mol. The SMILES string of the molecule is CCC(C)NC(=O)CC(C)C1CCCNC1. The summed E-state index contributed by atoms with van der Waals surface area (Å²) in [6, 6.07) is 0.309. The highest BCUT2D eigenvalue weighted by molar-refractivity contribution is 5.76. The maximum atomic E-state index is 11.7. The van der Waals surface area contributed by atoms with Crippen molar-refractivity contribution in [3.8, 4) is 0 Å². The van der Waals surface area contributed by atoms with Gasteiger partial charge >= 0.3 is 0 Å². The maximum Gasteiger partial charge on any atom is 0.220 e. The molecule has 0 radical (unpaired) electrons. The number of nitrogens with one attached hydrogen (secondary N) is 2. The van der Waals surface area contributed by atoms with Crippen LogP contribution in [-0.4, -0.2) is 25.0 Å². The van der Waals surface area contributed by atoms with E-state index in [-0.39, 0.29) is 5.91 Å². The van der Waals surface area contributed by atoms with Crippen molar-refractivity contribution in [3.05, 3.63) is 0 Å². The van der Waals surface area contributed by atoms with Crippen LogP contribution < -0.4 is 10.6 Å². The summed E-state index contributed by atoms with van der Waals surface area (Å²) in [6.45, 7) is 8.58. The molecule has 1 aliphatic heterocycles. The number of hydrogen-bond acceptors (Lipinski definition) is 2. The molecule has 1 rings (SSSR count). The molecular weight excluding hydrogens is 200 g/mol. The Morgan fingerprint density at radius 1 is 1.50 bits per heavy atom. The predicted octanol–water partition coefficient (Wildman–Crippen LogP) is 1.93. The fourth-order valence-electron chi connectivity index (χ4n) is 2.26. The minimum Gasteiger partial charge on any atom is -0.354 e. The van der Waals surface area contributed by atoms with Crippen molar-refractivity contribution in [2.24, 2.45) is 11.8 Å². The van der Waals surface area contributed by atoms with Crippen LogP contribution in [-0.2, 0) is 4.79 Å². The van der Waals surface area contributed by atoms with Crippen LogP contribution in [0.2, 0.25) is 0 Å². The molecule has 3 unspecified atom stereocenters. The van der Waals surface area contributed by atoms with Crippen LogP contribution in [0.3, 0.4) is 0 Å². The maximum absolute atomic E-state index is 11.7. The van der Waals surface area contributed by atoms with Crippen LogP contribution in [0.4, 0.5) is 0 Å². The van der Waals surface area contributed by atoms with Crippen LogP contribution in [0.25, 0.3) is 0 Å². The van der Waals surface area contributed by atoms with E-state index in [1.54, 1.807) is 0 Å². The summed E-state index contributed by atoms with van der Waals surface area (Å²) in [4.78, 5) is 11.7. The van der Waals surface area contributed by atoms with E-state index in [9.17, 15) is 4.79 Å². The number of carbonyl (C=O) groups excluding carboxylic acids is 1. The van der Waals surface area contributed by atoms with Crippen molar-refractivity contribution in [1.29, 1.82) is 0 Å². The van der Waals surface area contributed by atoms with Crippen LogP contribution >= 0.6 is 0 Å². The molecule has 0 aromatic heterocycles. The minimum atomic E-state index is 0.215. The first kappa shape index (κ1) is 13.5. The van der Waals surface area contributed by atoms with Crippen molar-refractivity contribution in [2.45, 2.75) is 52.5 Å². The molecule has 0 aromatic carbocycles. The molecule has 16 heavy (non-hydrogen) atoms. The lowest BCUT2D eigenvalue weighted by Gasteiger charge is -2.28. The van der Waals surface area contributed by atoms with E-state index in [4.69, 9.17) is 0 Å². The van der Waals surface area contributed by atoms with E-state index < -0.39 is 0 Å². The summed E-state index contributed by atoms with van der Waals surface area (Å²) in [5.74, 6) is 1.39. The van der Waals surface area contributed by atoms with Gasteiger partial charge < -0.3 is 10.6 Å². The zero-order chi connectivity index (χ0) is 12.0. The van der Waals surface area contributed by atoms with E-state index >= 15 is 0 Å². The molecular formula is C13H26N2O. The van der Waals surface area contributed by atoms with Gasteiger partial charge in [-0.25, -0.2) is 0 Å². The number of amides is 1. The highest BCUT2D eigenvalue weighted by Gasteiger charge is 2.22. The van der Waals surface area contributed by atoms with Crippen LogP contribution in [0.15, 0.2) is 0 Å². The average molecular weight is 226 g/mol. The third-order valence-corrected chi connectivity index (χ3v) is 3.67. The summed E-state index contributed by atoms with van der Waals surface area (Å²) >= 11 is 0. The Hall–Kier alpha value is -0.570. The van der Waals surface area contributed by atoms with Gasteiger partial charge in [0.1, 0.15) is 0 Å². The van der Waals surface area contributed by atoms with E-state index in [0.29, 0.717) is 24.3 Å². The first-order valence-corrected chi connectivity index (χ1v) is 6.63. The molecule has 0 aromatic rings. The highest BCUT2D eigenvalue weighted by atomic mass is 16.1. The second kappa shape index (κ2) is 6.89. The first-order valence-electron chi connectivity index (χ1n) is 6.63. The predicted molar refractivity (Wildman–Crippen MR) is 67.3 cm³/mol. The van der Waals surface area contributed by atoms with E-state index in [1.165, 1.54) is 12.8 Å². The summed E-state index contributed by atoms with van der Waals surface area (Å²) in [5.41, 5.74) is 0. The highest BCUT2D eigenvalue weighted by Crippen LogP contribution is 2.22. The van der Waals surface area contributed by atoms with Gasteiger partial charge in [-0.15, -0.1) is 0 Å². The molecule has 1 saturated heterocycles. The topological polar surface area (TPSA) is 41.1 Å². The smallest absolute Gasteiger partial charge is 0.220 e. The van der Waals surface area contributed by atoms with Crippen molar-refractivity contribution in [1.82, 2.24) is 10.6 Å². The number of carbonyl (C=O) groups is 1. The number of piperidine rings is 1. The van der Waals surface area contributed by atoms with Gasteiger partial charge in [-0.3, -0.25) is 4.79 Å². The fraction of sp³-hybridized carbons (Fsp3) is 0.923. The Kier molecular flexibility index (Phi) is 5.81. The van der Waals surface area contributed by atoms with Gasteiger partial charge in [0.25, 0.3) is 0 Å². The summed E-state index contributed by atoms with van der Waals surface area (Å²) in [7, 11) is 0. The second-order valence-corrected chi connectivity index (χ2v) is 5.16. The van der Waals surface area contributed by atoms with Gasteiger partial charge in [0.2, 0.25) is 5.91 Å². The zero-order valence-corrected chi connectivity index (χ0v) is 10.9. The Labute approximate surface area is 99.4 Å². The van der Waals surface area contributed by atoms with Crippen molar-refractivity contribution in [3.63, 3.8) is 0 Å². The summed E-state index contributed by atoms with van der Waals surface area (Å²) < 4.78 is 0. The van der Waals surface area contributed by atoms with Crippen molar-refractivity contribution >= 4 is 5.91 Å². The normalized spacial score (nSPS) is 24.8. The largest absolute Gasteiger partial charge is 0.354 e. The quantitative estimate of drug-likeness (QED) is 0.752. The lowest BCUT2D eigenvalue weighted by Crippen LogP contribution is -2.37. The van der Waals surface area contributed by atoms with Gasteiger partial charge in [0.15, 0.2) is 0 Å². The fourth-order valence-corrected chi connectivity index (χ4v) is 2.26. The molecule has 0 bridgehead atoms. The van der Waals surface area contributed by atoms with Crippen LogP contribution in [0.5, 0.6) is 0 Å². The van der Waals surface area contributed by atoms with Gasteiger partial charge in [0, 0.05) is 12.5 Å². The molecule has 0 spiro atoms. The number of rotatable bonds is 5. The third-order valence-electron chi connectivity index (χ3n) is 3.67. The molecule has 1 aliphatic rings. The van der Waals surface area contributed by atoms with E-state index in [1.807, 2.05) is 0 Å². The summed E-state index contributed by atoms with van der Waals surface area (Å²) in [6.07, 6.45) is 4.20. The van der Waals surface area contributed by atoms with Gasteiger partial charge in [0.05, 0.1) is 0 Å². The van der Waals surface area contributed by atoms with Crippen molar-refractivity contribution in [2.75, 3.05) is 13.1 Å². The molecule has 1 heterocycles. The number of hydrogen-bond donors (Lipinski definition) is 2. The standard InChI is InChI=1S/C13H26N2O/c1-4-11(3)15-13(16)8-10(2)12-6-5-7-14-9-12/h10-12,14H,4-9H2,1-3H3,(H,15,16). The van der Waals surface area contributed by atoms with Crippen LogP contribution in [0.1, 0.15) is 46.5 Å². The molecule has 94 valence electrons. The molecule has 0 saturated carbocycles. The van der Waals surface area contributed by atoms with Crippen molar-refractivity contribution < 1.29 is 4.79 Å². The third kappa shape index (κ3) is 4.52. The molecule has 3 nitrogen and oxygen atoms in total. The average Bonchev–Trinajstić information content (AvgIpc) is 2.29. The van der Waals surface area contributed by atoms with Gasteiger partial charge in [-0.2, -0.15) is 0 Å². The van der Waals surface area contributed by atoms with Gasteiger partial charge in [-0.1, -0.05) is 13.8 Å². The second-order valence-electron chi connectivity index (χ2n) is 5.16. The lowest BCUT2D eigenvalue weighted by molar-refractivity contribution is -0.122. The molecule has 3 atom stereocenters. The Morgan fingerprint density at radius 3 is 2.81 bits per heavy atom. The molecule has 3 heteroatoms. The zero-order valence-electron chi connectivity index (χ0n) is 10.9. The lowest BCUT2D eigenvalue weighted by atomic mass is 9.85.